The van der Waals surface area contributed by atoms with Crippen LogP contribution in [-0.4, -0.2) is 61.8 Å². The highest BCUT2D eigenvalue weighted by atomic mass is 16.5. The second kappa shape index (κ2) is 9.28. The molecular formula is C14H22O7. The van der Waals surface area contributed by atoms with Crippen LogP contribution in [0.2, 0.25) is 0 Å². The van der Waals surface area contributed by atoms with Crippen LogP contribution in [0.15, 0.2) is 23.3 Å². The summed E-state index contributed by atoms with van der Waals surface area (Å²) < 4.78 is 15.4. The molecule has 2 unspecified atom stereocenters. The van der Waals surface area contributed by atoms with E-state index in [4.69, 9.17) is 19.3 Å². The van der Waals surface area contributed by atoms with Gasteiger partial charge < -0.3 is 24.4 Å². The maximum atomic E-state index is 11.4. The van der Waals surface area contributed by atoms with E-state index in [1.54, 1.807) is 13.8 Å². The minimum atomic E-state index is -1.19. The van der Waals surface area contributed by atoms with Gasteiger partial charge in [0.15, 0.2) is 0 Å². The van der Waals surface area contributed by atoms with Gasteiger partial charge in [0.2, 0.25) is 0 Å². The van der Waals surface area contributed by atoms with Gasteiger partial charge in [0.1, 0.15) is 0 Å². The molecule has 120 valence electrons. The Balaban J connectivity index is 5.20. The number of hydrogen-bond donors (Lipinski definition) is 2. The van der Waals surface area contributed by atoms with Crippen LogP contribution in [0.3, 0.4) is 0 Å². The molecule has 0 aromatic heterocycles. The smallest absolute Gasteiger partial charge is 0.334 e. The minimum Gasteiger partial charge on any atom is -0.478 e. The number of carbonyl (C=O) groups is 2. The maximum Gasteiger partial charge on any atom is 0.334 e. The summed E-state index contributed by atoms with van der Waals surface area (Å²) in [5.74, 6) is -2.36. The van der Waals surface area contributed by atoms with Crippen LogP contribution in [0.5, 0.6) is 0 Å². The van der Waals surface area contributed by atoms with E-state index >= 15 is 0 Å². The lowest BCUT2D eigenvalue weighted by Crippen LogP contribution is -2.27. The van der Waals surface area contributed by atoms with Crippen LogP contribution in [-0.2, 0) is 23.8 Å². The highest BCUT2D eigenvalue weighted by molar-refractivity contribution is 5.88. The molecule has 2 atom stereocenters. The molecule has 0 aliphatic carbocycles. The highest BCUT2D eigenvalue weighted by Gasteiger charge is 2.24. The van der Waals surface area contributed by atoms with Gasteiger partial charge in [0.25, 0.3) is 0 Å². The summed E-state index contributed by atoms with van der Waals surface area (Å²) in [6, 6.07) is 0. The summed E-state index contributed by atoms with van der Waals surface area (Å²) in [6.45, 7) is 6.18. The lowest BCUT2D eigenvalue weighted by atomic mass is 9.99. The van der Waals surface area contributed by atoms with Gasteiger partial charge in [0.05, 0.1) is 36.6 Å². The van der Waals surface area contributed by atoms with Gasteiger partial charge in [-0.25, -0.2) is 9.59 Å². The normalized spacial score (nSPS) is 13.3. The molecule has 0 spiro atoms. The van der Waals surface area contributed by atoms with Gasteiger partial charge in [-0.2, -0.15) is 0 Å². The van der Waals surface area contributed by atoms with Crippen molar-refractivity contribution in [3.05, 3.63) is 23.3 Å². The Morgan fingerprint density at radius 1 is 1.00 bits per heavy atom. The standard InChI is InChI=1S/C14H22O7/c1-8(13(15)16)6-21-7-11(14(17)18)12(9(2)19-4)10(3)20-5/h9-10H,1,6-7H2,2-5H3,(H,15,16)(H,17,18). The van der Waals surface area contributed by atoms with E-state index in [9.17, 15) is 14.7 Å². The van der Waals surface area contributed by atoms with Crippen LogP contribution in [0, 0.1) is 0 Å². The number of hydrogen-bond acceptors (Lipinski definition) is 5. The van der Waals surface area contributed by atoms with E-state index in [1.165, 1.54) is 14.2 Å². The number of rotatable bonds is 10. The zero-order valence-electron chi connectivity index (χ0n) is 12.7. The maximum absolute atomic E-state index is 11.4. The van der Waals surface area contributed by atoms with E-state index in [0.717, 1.165) is 0 Å². The van der Waals surface area contributed by atoms with Crippen molar-refractivity contribution in [2.24, 2.45) is 0 Å². The third-order valence-corrected chi connectivity index (χ3v) is 3.01. The van der Waals surface area contributed by atoms with E-state index in [2.05, 4.69) is 6.58 Å². The molecule has 0 aromatic carbocycles. The fourth-order valence-corrected chi connectivity index (χ4v) is 1.68. The van der Waals surface area contributed by atoms with Gasteiger partial charge in [-0.3, -0.25) is 0 Å². The molecule has 0 saturated heterocycles. The lowest BCUT2D eigenvalue weighted by Gasteiger charge is -2.23. The monoisotopic (exact) mass is 302 g/mol. The van der Waals surface area contributed by atoms with Gasteiger partial charge in [-0.1, -0.05) is 6.58 Å². The first-order chi connectivity index (χ1) is 9.76. The Kier molecular flexibility index (Phi) is 8.52. The largest absolute Gasteiger partial charge is 0.478 e. The van der Waals surface area contributed by atoms with Crippen molar-refractivity contribution in [3.8, 4) is 0 Å². The molecule has 21 heavy (non-hydrogen) atoms. The first-order valence-electron chi connectivity index (χ1n) is 6.26. The Morgan fingerprint density at radius 2 is 1.48 bits per heavy atom. The molecule has 0 heterocycles. The molecule has 2 N–H and O–H groups in total. The molecule has 7 heteroatoms. The van der Waals surface area contributed by atoms with Crippen molar-refractivity contribution in [3.63, 3.8) is 0 Å². The van der Waals surface area contributed by atoms with E-state index in [1.807, 2.05) is 0 Å². The number of aliphatic carboxylic acids is 2. The topological polar surface area (TPSA) is 102 Å². The number of carboxylic acid groups (broad SMARTS) is 2. The Labute approximate surface area is 123 Å². The molecule has 0 saturated carbocycles. The fourth-order valence-electron chi connectivity index (χ4n) is 1.68. The minimum absolute atomic E-state index is 0.0168. The number of carboxylic acids is 2. The van der Waals surface area contributed by atoms with Crippen LogP contribution in [0.4, 0.5) is 0 Å². The van der Waals surface area contributed by atoms with Crippen molar-refractivity contribution in [2.75, 3.05) is 27.4 Å². The Morgan fingerprint density at radius 3 is 1.81 bits per heavy atom. The summed E-state index contributed by atoms with van der Waals surface area (Å²) in [4.78, 5) is 22.0. The first-order valence-corrected chi connectivity index (χ1v) is 6.26. The van der Waals surface area contributed by atoms with Crippen molar-refractivity contribution in [1.29, 1.82) is 0 Å². The van der Waals surface area contributed by atoms with Gasteiger partial charge in [0, 0.05) is 14.2 Å². The number of methoxy groups -OCH3 is 2. The molecule has 0 radical (unpaired) electrons. The second-order valence-corrected chi connectivity index (χ2v) is 4.40. The van der Waals surface area contributed by atoms with Crippen molar-refractivity contribution in [1.82, 2.24) is 0 Å². The molecule has 0 bridgehead atoms. The van der Waals surface area contributed by atoms with Crippen LogP contribution < -0.4 is 0 Å². The molecule has 0 fully saturated rings. The average molecular weight is 302 g/mol. The molecule has 7 nitrogen and oxygen atoms in total. The van der Waals surface area contributed by atoms with Gasteiger partial charge >= 0.3 is 11.9 Å². The summed E-state index contributed by atoms with van der Waals surface area (Å²) >= 11 is 0. The van der Waals surface area contributed by atoms with Gasteiger partial charge in [-0.05, 0) is 19.4 Å². The Bertz CT molecular complexity index is 413. The fraction of sp³-hybridized carbons (Fsp3) is 0.571. The van der Waals surface area contributed by atoms with E-state index in [-0.39, 0.29) is 24.4 Å². The zero-order chi connectivity index (χ0) is 16.6. The van der Waals surface area contributed by atoms with Crippen molar-refractivity contribution < 1.29 is 34.0 Å². The van der Waals surface area contributed by atoms with Crippen molar-refractivity contribution in [2.45, 2.75) is 26.1 Å². The van der Waals surface area contributed by atoms with E-state index in [0.29, 0.717) is 5.57 Å². The highest BCUT2D eigenvalue weighted by Crippen LogP contribution is 2.19. The molecular weight excluding hydrogens is 280 g/mol. The second-order valence-electron chi connectivity index (χ2n) is 4.40. The predicted molar refractivity (Wildman–Crippen MR) is 75.2 cm³/mol. The molecule has 0 aliphatic rings. The van der Waals surface area contributed by atoms with Crippen molar-refractivity contribution >= 4 is 11.9 Å². The van der Waals surface area contributed by atoms with Gasteiger partial charge in [-0.15, -0.1) is 0 Å². The SMILES string of the molecule is C=C(COCC(C(=O)O)=C(C(C)OC)C(C)OC)C(=O)O. The molecule has 0 aromatic rings. The quantitative estimate of drug-likeness (QED) is 0.582. The molecule has 0 amide bonds. The summed E-state index contributed by atoms with van der Waals surface area (Å²) in [6.07, 6.45) is -0.949. The third kappa shape index (κ3) is 6.07. The molecule has 0 aliphatic heterocycles. The average Bonchev–Trinajstić information content (AvgIpc) is 2.44. The number of ether oxygens (including phenoxy) is 3. The Hall–Kier alpha value is -1.70. The van der Waals surface area contributed by atoms with Crippen LogP contribution in [0.1, 0.15) is 13.8 Å². The summed E-state index contributed by atoms with van der Waals surface area (Å²) in [5, 5.41) is 18.0. The van der Waals surface area contributed by atoms with Crippen LogP contribution >= 0.6 is 0 Å². The lowest BCUT2D eigenvalue weighted by molar-refractivity contribution is -0.133. The third-order valence-electron chi connectivity index (χ3n) is 3.01. The summed E-state index contributed by atoms with van der Waals surface area (Å²) in [7, 11) is 2.92. The molecule has 0 rings (SSSR count). The summed E-state index contributed by atoms with van der Waals surface area (Å²) in [5.41, 5.74) is 0.270. The van der Waals surface area contributed by atoms with E-state index < -0.39 is 24.1 Å². The first kappa shape index (κ1) is 19.3. The predicted octanol–water partition coefficient (Wildman–Crippen LogP) is 1.09. The van der Waals surface area contributed by atoms with Crippen LogP contribution in [0.25, 0.3) is 0 Å². The zero-order valence-corrected chi connectivity index (χ0v) is 12.7.